The van der Waals surface area contributed by atoms with Crippen molar-refractivity contribution < 1.29 is 9.90 Å². The molecule has 0 atom stereocenters. The van der Waals surface area contributed by atoms with E-state index in [0.29, 0.717) is 11.0 Å². The SMILES string of the molecule is CC(C)c1csc(NC(=O)CC2(O)CCCC2)n1. The molecule has 100 valence electrons. The molecule has 0 saturated heterocycles. The molecule has 4 nitrogen and oxygen atoms in total. The van der Waals surface area contributed by atoms with Gasteiger partial charge in [-0.25, -0.2) is 4.98 Å². The maximum absolute atomic E-state index is 11.8. The van der Waals surface area contributed by atoms with Gasteiger partial charge in [-0.2, -0.15) is 0 Å². The highest BCUT2D eigenvalue weighted by Crippen LogP contribution is 2.32. The van der Waals surface area contributed by atoms with Gasteiger partial charge in [0.05, 0.1) is 17.7 Å². The third-order valence-corrected chi connectivity index (χ3v) is 4.16. The van der Waals surface area contributed by atoms with Crippen molar-refractivity contribution >= 4 is 22.4 Å². The van der Waals surface area contributed by atoms with Crippen molar-refractivity contribution in [2.75, 3.05) is 5.32 Å². The summed E-state index contributed by atoms with van der Waals surface area (Å²) in [6.07, 6.45) is 3.67. The van der Waals surface area contributed by atoms with Crippen LogP contribution < -0.4 is 5.32 Å². The fourth-order valence-corrected chi connectivity index (χ4v) is 3.17. The maximum atomic E-state index is 11.8. The van der Waals surface area contributed by atoms with Crippen LogP contribution in [0.25, 0.3) is 0 Å². The number of nitrogens with one attached hydrogen (secondary N) is 1. The Balaban J connectivity index is 1.90. The zero-order valence-electron chi connectivity index (χ0n) is 10.9. The van der Waals surface area contributed by atoms with Crippen LogP contribution in [0.1, 0.15) is 57.6 Å². The lowest BCUT2D eigenvalue weighted by molar-refractivity contribution is -0.120. The lowest BCUT2D eigenvalue weighted by Crippen LogP contribution is -2.30. The molecule has 1 aromatic rings. The van der Waals surface area contributed by atoms with Gasteiger partial charge in [0.2, 0.25) is 5.91 Å². The Hall–Kier alpha value is -0.940. The highest BCUT2D eigenvalue weighted by atomic mass is 32.1. The van der Waals surface area contributed by atoms with Crippen LogP contribution in [0.5, 0.6) is 0 Å². The smallest absolute Gasteiger partial charge is 0.229 e. The standard InChI is InChI=1S/C13H20N2O2S/c1-9(2)10-8-18-12(14-10)15-11(16)7-13(17)5-3-4-6-13/h8-9,17H,3-7H2,1-2H3,(H,14,15,16). The molecule has 2 N–H and O–H groups in total. The summed E-state index contributed by atoms with van der Waals surface area (Å²) < 4.78 is 0. The second kappa shape index (κ2) is 5.36. The van der Waals surface area contributed by atoms with Gasteiger partial charge in [-0.05, 0) is 18.8 Å². The van der Waals surface area contributed by atoms with Crippen LogP contribution >= 0.6 is 11.3 Å². The van der Waals surface area contributed by atoms with E-state index in [-0.39, 0.29) is 12.3 Å². The zero-order chi connectivity index (χ0) is 13.2. The van der Waals surface area contributed by atoms with E-state index in [9.17, 15) is 9.90 Å². The number of hydrogen-bond donors (Lipinski definition) is 2. The Labute approximate surface area is 111 Å². The van der Waals surface area contributed by atoms with Crippen molar-refractivity contribution in [1.82, 2.24) is 4.98 Å². The normalized spacial score (nSPS) is 18.2. The molecule has 1 heterocycles. The average Bonchev–Trinajstić information content (AvgIpc) is 2.87. The van der Waals surface area contributed by atoms with Crippen molar-refractivity contribution in [3.63, 3.8) is 0 Å². The molecule has 2 rings (SSSR count). The van der Waals surface area contributed by atoms with E-state index in [0.717, 1.165) is 31.4 Å². The number of carbonyl (C=O) groups is 1. The molecule has 18 heavy (non-hydrogen) atoms. The summed E-state index contributed by atoms with van der Waals surface area (Å²) in [5.74, 6) is 0.231. The molecule has 0 spiro atoms. The van der Waals surface area contributed by atoms with Gasteiger partial charge < -0.3 is 10.4 Å². The van der Waals surface area contributed by atoms with Crippen LogP contribution in [0, 0.1) is 0 Å². The van der Waals surface area contributed by atoms with E-state index in [1.54, 1.807) is 0 Å². The first kappa shape index (κ1) is 13.5. The lowest BCUT2D eigenvalue weighted by Gasteiger charge is -2.20. The molecule has 1 fully saturated rings. The van der Waals surface area contributed by atoms with Gasteiger partial charge in [0.1, 0.15) is 0 Å². The van der Waals surface area contributed by atoms with Crippen LogP contribution in [0.3, 0.4) is 0 Å². The van der Waals surface area contributed by atoms with Gasteiger partial charge in [0.25, 0.3) is 0 Å². The molecule has 0 aromatic carbocycles. The third kappa shape index (κ3) is 3.29. The van der Waals surface area contributed by atoms with E-state index in [4.69, 9.17) is 0 Å². The summed E-state index contributed by atoms with van der Waals surface area (Å²) in [5, 5.41) is 15.5. The average molecular weight is 268 g/mol. The van der Waals surface area contributed by atoms with Gasteiger partial charge in [0, 0.05) is 5.38 Å². The van der Waals surface area contributed by atoms with E-state index in [1.807, 2.05) is 5.38 Å². The van der Waals surface area contributed by atoms with Crippen LogP contribution in [0.15, 0.2) is 5.38 Å². The monoisotopic (exact) mass is 268 g/mol. The summed E-state index contributed by atoms with van der Waals surface area (Å²) in [6, 6.07) is 0. The van der Waals surface area contributed by atoms with Crippen molar-refractivity contribution in [1.29, 1.82) is 0 Å². The predicted octanol–water partition coefficient (Wildman–Crippen LogP) is 2.90. The Bertz CT molecular complexity index is 422. The van der Waals surface area contributed by atoms with Gasteiger partial charge in [-0.1, -0.05) is 26.7 Å². The van der Waals surface area contributed by atoms with Gasteiger partial charge in [-0.3, -0.25) is 4.79 Å². The minimum atomic E-state index is -0.789. The summed E-state index contributed by atoms with van der Waals surface area (Å²) in [6.45, 7) is 4.14. The summed E-state index contributed by atoms with van der Waals surface area (Å²) >= 11 is 1.44. The number of carbonyl (C=O) groups excluding carboxylic acids is 1. The fourth-order valence-electron chi connectivity index (χ4n) is 2.28. The van der Waals surface area contributed by atoms with Gasteiger partial charge >= 0.3 is 0 Å². The number of rotatable bonds is 4. The molecule has 5 heteroatoms. The predicted molar refractivity (Wildman–Crippen MR) is 72.9 cm³/mol. The summed E-state index contributed by atoms with van der Waals surface area (Å²) in [7, 11) is 0. The van der Waals surface area contributed by atoms with E-state index < -0.39 is 5.60 Å². The molecular formula is C13H20N2O2S. The summed E-state index contributed by atoms with van der Waals surface area (Å²) in [4.78, 5) is 16.2. The minimum Gasteiger partial charge on any atom is -0.389 e. The van der Waals surface area contributed by atoms with Gasteiger partial charge in [-0.15, -0.1) is 11.3 Å². The minimum absolute atomic E-state index is 0.135. The molecular weight excluding hydrogens is 248 g/mol. The molecule has 0 bridgehead atoms. The Morgan fingerprint density at radius 2 is 2.22 bits per heavy atom. The van der Waals surface area contributed by atoms with Crippen LogP contribution in [0.4, 0.5) is 5.13 Å². The first-order valence-corrected chi connectivity index (χ1v) is 7.34. The highest BCUT2D eigenvalue weighted by Gasteiger charge is 2.33. The largest absolute Gasteiger partial charge is 0.389 e. The van der Waals surface area contributed by atoms with E-state index in [1.165, 1.54) is 11.3 Å². The van der Waals surface area contributed by atoms with Crippen LogP contribution in [-0.2, 0) is 4.79 Å². The van der Waals surface area contributed by atoms with Crippen molar-refractivity contribution in [2.24, 2.45) is 0 Å². The maximum Gasteiger partial charge on any atom is 0.229 e. The van der Waals surface area contributed by atoms with Crippen LogP contribution in [-0.4, -0.2) is 21.6 Å². The van der Waals surface area contributed by atoms with E-state index >= 15 is 0 Å². The zero-order valence-corrected chi connectivity index (χ0v) is 11.7. The number of aromatic nitrogens is 1. The number of nitrogens with zero attached hydrogens (tertiary/aromatic N) is 1. The van der Waals surface area contributed by atoms with Gasteiger partial charge in [0.15, 0.2) is 5.13 Å². The van der Waals surface area contributed by atoms with Crippen molar-refractivity contribution in [3.8, 4) is 0 Å². The lowest BCUT2D eigenvalue weighted by atomic mass is 9.98. The highest BCUT2D eigenvalue weighted by molar-refractivity contribution is 7.13. The Morgan fingerprint density at radius 3 is 2.78 bits per heavy atom. The number of hydrogen-bond acceptors (Lipinski definition) is 4. The second-order valence-electron chi connectivity index (χ2n) is 5.39. The second-order valence-corrected chi connectivity index (χ2v) is 6.25. The van der Waals surface area contributed by atoms with Crippen molar-refractivity contribution in [2.45, 2.75) is 57.5 Å². The first-order valence-electron chi connectivity index (χ1n) is 6.46. The number of amides is 1. The molecule has 1 aliphatic carbocycles. The Kier molecular flexibility index (Phi) is 4.02. The molecule has 1 amide bonds. The molecule has 1 aliphatic rings. The number of anilines is 1. The molecule has 0 radical (unpaired) electrons. The molecule has 1 aromatic heterocycles. The quantitative estimate of drug-likeness (QED) is 0.882. The molecule has 0 aliphatic heterocycles. The molecule has 0 unspecified atom stereocenters. The fraction of sp³-hybridized carbons (Fsp3) is 0.692. The molecule has 1 saturated carbocycles. The topological polar surface area (TPSA) is 62.2 Å². The van der Waals surface area contributed by atoms with Crippen LogP contribution in [0.2, 0.25) is 0 Å². The Morgan fingerprint density at radius 1 is 1.56 bits per heavy atom. The number of thiazole rings is 1. The van der Waals surface area contributed by atoms with Crippen molar-refractivity contribution in [3.05, 3.63) is 11.1 Å². The summed E-state index contributed by atoms with van der Waals surface area (Å²) in [5.41, 5.74) is 0.206. The first-order chi connectivity index (χ1) is 8.48. The third-order valence-electron chi connectivity index (χ3n) is 3.38. The van der Waals surface area contributed by atoms with E-state index in [2.05, 4.69) is 24.1 Å². The number of aliphatic hydroxyl groups is 1.